The summed E-state index contributed by atoms with van der Waals surface area (Å²) in [7, 11) is 0. The van der Waals surface area contributed by atoms with E-state index < -0.39 is 6.10 Å². The standard InChI is InChI=1S/C72H130O6/c1-4-7-10-13-16-19-22-25-27-29-31-33-35-36-38-39-41-43-45-47-50-53-56-59-62-65-71(74)77-68-69(67-76-70(73)64-61-58-55-52-49-24-21-18-15-12-9-6-3)78-72(75)66-63-60-57-54-51-48-46-44-42-40-37-34-32-30-28-26-23-20-17-14-11-8-5-2/h22-23,25-26,29-32,37,40,69H,4-21,24,27-28,33-36,38-39,41-68H2,1-3H3/b25-22-,26-23-,31-29-,32-30-,40-37-. The molecule has 6 nitrogen and oxygen atoms in total. The Labute approximate surface area is 485 Å². The van der Waals surface area contributed by atoms with Crippen LogP contribution in [0.15, 0.2) is 60.8 Å². The Bertz CT molecular complexity index is 1390. The number of rotatable bonds is 63. The fourth-order valence-corrected chi connectivity index (χ4v) is 10.1. The molecule has 6 heteroatoms. The maximum absolute atomic E-state index is 12.9. The first-order valence-electron chi connectivity index (χ1n) is 34.3. The molecule has 0 aromatic carbocycles. The zero-order chi connectivity index (χ0) is 56.4. The van der Waals surface area contributed by atoms with Gasteiger partial charge in [-0.05, 0) is 89.9 Å². The first kappa shape index (κ1) is 75.1. The quantitative estimate of drug-likeness (QED) is 0.0261. The number of hydrogen-bond donors (Lipinski definition) is 0. The van der Waals surface area contributed by atoms with E-state index in [4.69, 9.17) is 14.2 Å². The molecular weight excluding hydrogens is 961 g/mol. The summed E-state index contributed by atoms with van der Waals surface area (Å²) in [5.74, 6) is -0.861. The van der Waals surface area contributed by atoms with E-state index in [-0.39, 0.29) is 31.1 Å². The minimum absolute atomic E-state index is 0.0736. The molecular formula is C72H130O6. The van der Waals surface area contributed by atoms with Crippen LogP contribution in [0.2, 0.25) is 0 Å². The highest BCUT2D eigenvalue weighted by molar-refractivity contribution is 5.71. The van der Waals surface area contributed by atoms with Crippen molar-refractivity contribution in [1.29, 1.82) is 0 Å². The fraction of sp³-hybridized carbons (Fsp3) is 0.819. The lowest BCUT2D eigenvalue weighted by molar-refractivity contribution is -0.167. The fourth-order valence-electron chi connectivity index (χ4n) is 10.1. The Hall–Kier alpha value is -2.89. The molecule has 0 saturated carbocycles. The topological polar surface area (TPSA) is 78.9 Å². The molecule has 1 atom stereocenters. The van der Waals surface area contributed by atoms with Crippen molar-refractivity contribution < 1.29 is 28.6 Å². The third kappa shape index (κ3) is 63.9. The summed E-state index contributed by atoms with van der Waals surface area (Å²) in [5.41, 5.74) is 0. The average molecular weight is 1090 g/mol. The molecule has 0 aliphatic heterocycles. The zero-order valence-corrected chi connectivity index (χ0v) is 52.2. The van der Waals surface area contributed by atoms with Crippen LogP contribution in [0.5, 0.6) is 0 Å². The van der Waals surface area contributed by atoms with Gasteiger partial charge in [0.1, 0.15) is 13.2 Å². The van der Waals surface area contributed by atoms with Crippen LogP contribution in [0.4, 0.5) is 0 Å². The van der Waals surface area contributed by atoms with Crippen molar-refractivity contribution >= 4 is 17.9 Å². The van der Waals surface area contributed by atoms with Gasteiger partial charge >= 0.3 is 17.9 Å². The van der Waals surface area contributed by atoms with Crippen LogP contribution in [0.3, 0.4) is 0 Å². The van der Waals surface area contributed by atoms with Gasteiger partial charge in [0.05, 0.1) is 0 Å². The van der Waals surface area contributed by atoms with Gasteiger partial charge in [-0.25, -0.2) is 0 Å². The van der Waals surface area contributed by atoms with Gasteiger partial charge in [-0.3, -0.25) is 14.4 Å². The van der Waals surface area contributed by atoms with Gasteiger partial charge in [-0.2, -0.15) is 0 Å². The van der Waals surface area contributed by atoms with Gasteiger partial charge in [0, 0.05) is 19.3 Å². The van der Waals surface area contributed by atoms with Gasteiger partial charge in [-0.1, -0.05) is 313 Å². The largest absolute Gasteiger partial charge is 0.462 e. The zero-order valence-electron chi connectivity index (χ0n) is 52.2. The molecule has 0 bridgehead atoms. The number of ether oxygens (including phenoxy) is 3. The summed E-state index contributed by atoms with van der Waals surface area (Å²) in [6.45, 7) is 6.66. The minimum Gasteiger partial charge on any atom is -0.462 e. The second kappa shape index (κ2) is 66.6. The van der Waals surface area contributed by atoms with Crippen molar-refractivity contribution in [3.8, 4) is 0 Å². The maximum atomic E-state index is 12.9. The molecule has 0 amide bonds. The van der Waals surface area contributed by atoms with E-state index in [0.29, 0.717) is 19.3 Å². The molecule has 454 valence electrons. The van der Waals surface area contributed by atoms with Gasteiger partial charge in [0.25, 0.3) is 0 Å². The van der Waals surface area contributed by atoms with Crippen LogP contribution in [-0.4, -0.2) is 37.2 Å². The van der Waals surface area contributed by atoms with Gasteiger partial charge in [0.2, 0.25) is 0 Å². The van der Waals surface area contributed by atoms with Crippen molar-refractivity contribution in [2.24, 2.45) is 0 Å². The molecule has 0 saturated heterocycles. The van der Waals surface area contributed by atoms with Crippen LogP contribution < -0.4 is 0 Å². The van der Waals surface area contributed by atoms with Gasteiger partial charge in [0.15, 0.2) is 6.10 Å². The highest BCUT2D eigenvalue weighted by Gasteiger charge is 2.19. The van der Waals surface area contributed by atoms with E-state index in [1.54, 1.807) is 0 Å². The number of unbranched alkanes of at least 4 members (excludes halogenated alkanes) is 42. The predicted molar refractivity (Wildman–Crippen MR) is 339 cm³/mol. The summed E-state index contributed by atoms with van der Waals surface area (Å²) in [6.07, 6.45) is 85.2. The molecule has 0 radical (unpaired) electrons. The molecule has 0 N–H and O–H groups in total. The molecule has 0 fully saturated rings. The molecule has 0 spiro atoms. The third-order valence-corrected chi connectivity index (χ3v) is 15.2. The van der Waals surface area contributed by atoms with E-state index in [9.17, 15) is 14.4 Å². The van der Waals surface area contributed by atoms with E-state index in [1.165, 1.54) is 238 Å². The van der Waals surface area contributed by atoms with Crippen LogP contribution in [0.1, 0.15) is 361 Å². The normalized spacial score (nSPS) is 12.4. The lowest BCUT2D eigenvalue weighted by atomic mass is 10.0. The SMILES string of the molecule is CCCCCCC/C=C\C/C=C\C/C=C\CCCCCCCCCCC(=O)OC(COC(=O)CCCCCCCCCCCCCC)COC(=O)CCCCCCCCCCCCCCC/C=C\C/C=C\CCCCCCC. The molecule has 0 rings (SSSR count). The summed E-state index contributed by atoms with van der Waals surface area (Å²) in [5, 5.41) is 0. The summed E-state index contributed by atoms with van der Waals surface area (Å²) in [4.78, 5) is 38.4. The number of carbonyl (C=O) groups is 3. The van der Waals surface area contributed by atoms with E-state index >= 15 is 0 Å². The van der Waals surface area contributed by atoms with Crippen molar-refractivity contribution in [3.63, 3.8) is 0 Å². The summed E-state index contributed by atoms with van der Waals surface area (Å²) < 4.78 is 17.0. The Morgan fingerprint density at radius 1 is 0.256 bits per heavy atom. The Morgan fingerprint density at radius 3 is 0.718 bits per heavy atom. The monoisotopic (exact) mass is 1090 g/mol. The van der Waals surface area contributed by atoms with Crippen molar-refractivity contribution in [3.05, 3.63) is 60.8 Å². The molecule has 0 aliphatic rings. The first-order valence-corrected chi connectivity index (χ1v) is 34.3. The van der Waals surface area contributed by atoms with Crippen LogP contribution in [-0.2, 0) is 28.6 Å². The van der Waals surface area contributed by atoms with Crippen LogP contribution >= 0.6 is 0 Å². The van der Waals surface area contributed by atoms with Crippen molar-refractivity contribution in [1.82, 2.24) is 0 Å². The highest BCUT2D eigenvalue weighted by atomic mass is 16.6. The van der Waals surface area contributed by atoms with Crippen LogP contribution in [0, 0.1) is 0 Å². The van der Waals surface area contributed by atoms with Gasteiger partial charge in [-0.15, -0.1) is 0 Å². The Balaban J connectivity index is 4.27. The highest BCUT2D eigenvalue weighted by Crippen LogP contribution is 2.17. The van der Waals surface area contributed by atoms with Crippen LogP contribution in [0.25, 0.3) is 0 Å². The Morgan fingerprint density at radius 2 is 0.462 bits per heavy atom. The molecule has 0 aromatic rings. The lowest BCUT2D eigenvalue weighted by Crippen LogP contribution is -2.30. The predicted octanol–water partition coefficient (Wildman–Crippen LogP) is 23.5. The molecule has 0 aromatic heterocycles. The molecule has 1 unspecified atom stereocenters. The first-order chi connectivity index (χ1) is 38.5. The number of carbonyl (C=O) groups excluding carboxylic acids is 3. The minimum atomic E-state index is -0.778. The summed E-state index contributed by atoms with van der Waals surface area (Å²) in [6, 6.07) is 0. The smallest absolute Gasteiger partial charge is 0.306 e. The number of hydrogen-bond acceptors (Lipinski definition) is 6. The number of esters is 3. The van der Waals surface area contributed by atoms with E-state index in [0.717, 1.165) is 83.5 Å². The molecule has 78 heavy (non-hydrogen) atoms. The molecule has 0 heterocycles. The second-order valence-corrected chi connectivity index (χ2v) is 23.1. The Kier molecular flexibility index (Phi) is 64.2. The van der Waals surface area contributed by atoms with E-state index in [1.807, 2.05) is 0 Å². The number of allylic oxidation sites excluding steroid dienone is 10. The lowest BCUT2D eigenvalue weighted by Gasteiger charge is -2.18. The molecule has 0 aliphatic carbocycles. The van der Waals surface area contributed by atoms with Crippen molar-refractivity contribution in [2.45, 2.75) is 367 Å². The third-order valence-electron chi connectivity index (χ3n) is 15.2. The van der Waals surface area contributed by atoms with E-state index in [2.05, 4.69) is 81.5 Å². The van der Waals surface area contributed by atoms with Crippen molar-refractivity contribution in [2.75, 3.05) is 13.2 Å². The second-order valence-electron chi connectivity index (χ2n) is 23.1. The average Bonchev–Trinajstić information content (AvgIpc) is 3.44. The van der Waals surface area contributed by atoms with Gasteiger partial charge < -0.3 is 14.2 Å². The summed E-state index contributed by atoms with van der Waals surface area (Å²) >= 11 is 0. The maximum Gasteiger partial charge on any atom is 0.306 e.